The summed E-state index contributed by atoms with van der Waals surface area (Å²) in [6, 6.07) is 7.26. The van der Waals surface area contributed by atoms with E-state index in [4.69, 9.17) is 16.3 Å². The van der Waals surface area contributed by atoms with E-state index in [2.05, 4.69) is 4.74 Å². The molecule has 2 rings (SSSR count). The largest absolute Gasteiger partial charge is 0.468 e. The number of hydrogen-bond donors (Lipinski definition) is 0. The number of benzene rings is 1. The Bertz CT molecular complexity index is 530. The molecule has 0 spiro atoms. The van der Waals surface area contributed by atoms with Crippen molar-refractivity contribution in [3.63, 3.8) is 0 Å². The molecule has 106 valence electrons. The molecule has 0 aromatic heterocycles. The second-order valence-electron chi connectivity index (χ2n) is 4.47. The molecule has 20 heavy (non-hydrogen) atoms. The first kappa shape index (κ1) is 14.8. The van der Waals surface area contributed by atoms with E-state index in [0.717, 1.165) is 5.56 Å². The van der Waals surface area contributed by atoms with Crippen LogP contribution in [0.2, 0.25) is 5.02 Å². The van der Waals surface area contributed by atoms with Crippen LogP contribution in [0.5, 0.6) is 0 Å². The fourth-order valence-electron chi connectivity index (χ4n) is 2.11. The van der Waals surface area contributed by atoms with Crippen LogP contribution in [0.4, 0.5) is 0 Å². The third-order valence-corrected chi connectivity index (χ3v) is 3.35. The second-order valence-corrected chi connectivity index (χ2v) is 4.90. The predicted octanol–water partition coefficient (Wildman–Crippen LogP) is 2.50. The Labute approximate surface area is 122 Å². The summed E-state index contributed by atoms with van der Waals surface area (Å²) in [6.07, 6.45) is 3.12. The Morgan fingerprint density at radius 3 is 3.00 bits per heavy atom. The lowest BCUT2D eigenvalue weighted by Crippen LogP contribution is -2.41. The molecule has 0 N–H and O–H groups in total. The van der Waals surface area contributed by atoms with Gasteiger partial charge in [-0.15, -0.1) is 0 Å². The minimum Gasteiger partial charge on any atom is -0.468 e. The maximum Gasteiger partial charge on any atom is 0.319 e. The lowest BCUT2D eigenvalue weighted by atomic mass is 9.92. The predicted molar refractivity (Wildman–Crippen MR) is 75.4 cm³/mol. The molecule has 1 aromatic rings. The summed E-state index contributed by atoms with van der Waals surface area (Å²) in [5.41, 5.74) is 0.878. The van der Waals surface area contributed by atoms with Crippen LogP contribution in [0.1, 0.15) is 12.0 Å². The Kier molecular flexibility index (Phi) is 4.93. The highest BCUT2D eigenvalue weighted by atomic mass is 35.5. The molecule has 0 bridgehead atoms. The Hall–Kier alpha value is -1.65. The minimum atomic E-state index is -0.885. The normalized spacial score (nSPS) is 23.0. The molecule has 0 radical (unpaired) electrons. The van der Waals surface area contributed by atoms with Crippen molar-refractivity contribution < 1.29 is 19.1 Å². The van der Waals surface area contributed by atoms with Crippen molar-refractivity contribution in [1.29, 1.82) is 0 Å². The number of methoxy groups -OCH3 is 1. The van der Waals surface area contributed by atoms with Crippen LogP contribution in [-0.4, -0.2) is 31.6 Å². The zero-order valence-electron chi connectivity index (χ0n) is 11.0. The zero-order valence-corrected chi connectivity index (χ0v) is 11.8. The Morgan fingerprint density at radius 2 is 2.30 bits per heavy atom. The molecule has 1 fully saturated rings. The summed E-state index contributed by atoms with van der Waals surface area (Å²) in [4.78, 5) is 23.5. The van der Waals surface area contributed by atoms with Gasteiger partial charge in [0.25, 0.3) is 0 Å². The number of carbonyl (C=O) groups excluding carboxylic acids is 2. The van der Waals surface area contributed by atoms with Crippen molar-refractivity contribution >= 4 is 29.4 Å². The smallest absolute Gasteiger partial charge is 0.319 e. The molecular weight excluding hydrogens is 280 g/mol. The molecule has 1 heterocycles. The fourth-order valence-corrected chi connectivity index (χ4v) is 2.30. The summed E-state index contributed by atoms with van der Waals surface area (Å²) in [5, 5.41) is 0.623. The maximum absolute atomic E-state index is 11.8. The van der Waals surface area contributed by atoms with Crippen molar-refractivity contribution in [3.8, 4) is 0 Å². The average Bonchev–Trinajstić information content (AvgIpc) is 2.44. The molecule has 5 heteroatoms. The van der Waals surface area contributed by atoms with Gasteiger partial charge in [-0.3, -0.25) is 9.59 Å². The van der Waals surface area contributed by atoms with Crippen LogP contribution in [0.25, 0.3) is 6.08 Å². The monoisotopic (exact) mass is 294 g/mol. The summed E-state index contributed by atoms with van der Waals surface area (Å²) < 4.78 is 10.2. The third kappa shape index (κ3) is 3.46. The fraction of sp³-hybridized carbons (Fsp3) is 0.333. The van der Waals surface area contributed by atoms with Gasteiger partial charge in [0.15, 0.2) is 5.78 Å². The van der Waals surface area contributed by atoms with Crippen LogP contribution in [0.3, 0.4) is 0 Å². The van der Waals surface area contributed by atoms with Crippen molar-refractivity contribution in [1.82, 2.24) is 0 Å². The van der Waals surface area contributed by atoms with Crippen LogP contribution < -0.4 is 0 Å². The first-order valence-corrected chi connectivity index (χ1v) is 6.65. The van der Waals surface area contributed by atoms with E-state index < -0.39 is 18.0 Å². The summed E-state index contributed by atoms with van der Waals surface area (Å²) in [7, 11) is 1.27. The maximum atomic E-state index is 11.8. The quantitative estimate of drug-likeness (QED) is 0.635. The standard InChI is InChI=1S/C15H15ClO4/c1-19-15(18)14-12(17)7-8-20-13(14)6-5-10-3-2-4-11(16)9-10/h2-6,9,13-14H,7-8H2,1H3/b6-5+/t13-,14+/m1/s1. The number of ketones is 1. The van der Waals surface area contributed by atoms with Gasteiger partial charge in [0, 0.05) is 11.4 Å². The Balaban J connectivity index is 2.17. The first-order valence-electron chi connectivity index (χ1n) is 6.27. The SMILES string of the molecule is COC(=O)[C@H]1C(=O)CCO[C@@H]1/C=C/c1cccc(Cl)c1. The number of carbonyl (C=O) groups is 2. The van der Waals surface area contributed by atoms with Crippen LogP contribution in [0.15, 0.2) is 30.3 Å². The second kappa shape index (κ2) is 6.68. The highest BCUT2D eigenvalue weighted by Gasteiger charge is 2.37. The summed E-state index contributed by atoms with van der Waals surface area (Å²) >= 11 is 5.90. The molecule has 1 aliphatic heterocycles. The molecule has 1 aromatic carbocycles. The number of halogens is 1. The van der Waals surface area contributed by atoms with E-state index >= 15 is 0 Å². The molecule has 0 unspecified atom stereocenters. The van der Waals surface area contributed by atoms with Gasteiger partial charge in [-0.2, -0.15) is 0 Å². The molecular formula is C15H15ClO4. The van der Waals surface area contributed by atoms with E-state index in [1.807, 2.05) is 12.1 Å². The van der Waals surface area contributed by atoms with Gasteiger partial charge in [-0.05, 0) is 17.7 Å². The molecule has 1 aliphatic rings. The molecule has 1 saturated heterocycles. The van der Waals surface area contributed by atoms with Crippen molar-refractivity contribution in [2.24, 2.45) is 5.92 Å². The molecule has 0 saturated carbocycles. The average molecular weight is 295 g/mol. The molecule has 0 aliphatic carbocycles. The van der Waals surface area contributed by atoms with Gasteiger partial charge in [0.1, 0.15) is 5.92 Å². The number of Topliss-reactive ketones (excluding diaryl/α,β-unsaturated/α-hetero) is 1. The number of rotatable bonds is 3. The van der Waals surface area contributed by atoms with Crippen LogP contribution >= 0.6 is 11.6 Å². The van der Waals surface area contributed by atoms with E-state index in [1.54, 1.807) is 24.3 Å². The van der Waals surface area contributed by atoms with Gasteiger partial charge < -0.3 is 9.47 Å². The van der Waals surface area contributed by atoms with Crippen molar-refractivity contribution in [3.05, 3.63) is 40.9 Å². The van der Waals surface area contributed by atoms with Crippen LogP contribution in [0, 0.1) is 5.92 Å². The van der Waals surface area contributed by atoms with Gasteiger partial charge in [-0.25, -0.2) is 0 Å². The van der Waals surface area contributed by atoms with E-state index in [-0.39, 0.29) is 12.2 Å². The van der Waals surface area contributed by atoms with Gasteiger partial charge in [0.2, 0.25) is 0 Å². The number of ether oxygens (including phenoxy) is 2. The third-order valence-electron chi connectivity index (χ3n) is 3.12. The topological polar surface area (TPSA) is 52.6 Å². The lowest BCUT2D eigenvalue weighted by molar-refractivity contribution is -0.158. The summed E-state index contributed by atoms with van der Waals surface area (Å²) in [5.74, 6) is -1.59. The molecule has 0 amide bonds. The minimum absolute atomic E-state index is 0.149. The van der Waals surface area contributed by atoms with Crippen molar-refractivity contribution in [2.45, 2.75) is 12.5 Å². The van der Waals surface area contributed by atoms with Crippen molar-refractivity contribution in [2.75, 3.05) is 13.7 Å². The van der Waals surface area contributed by atoms with Gasteiger partial charge >= 0.3 is 5.97 Å². The lowest BCUT2D eigenvalue weighted by Gasteiger charge is -2.26. The van der Waals surface area contributed by atoms with E-state index in [1.165, 1.54) is 7.11 Å². The van der Waals surface area contributed by atoms with Gasteiger partial charge in [-0.1, -0.05) is 35.9 Å². The highest BCUT2D eigenvalue weighted by Crippen LogP contribution is 2.21. The molecule has 2 atom stereocenters. The molecule has 4 nitrogen and oxygen atoms in total. The number of hydrogen-bond acceptors (Lipinski definition) is 4. The number of esters is 1. The highest BCUT2D eigenvalue weighted by molar-refractivity contribution is 6.30. The Morgan fingerprint density at radius 1 is 1.50 bits per heavy atom. The first-order chi connectivity index (χ1) is 9.61. The summed E-state index contributed by atoms with van der Waals surface area (Å²) in [6.45, 7) is 0.316. The zero-order chi connectivity index (χ0) is 14.5. The van der Waals surface area contributed by atoms with E-state index in [0.29, 0.717) is 11.6 Å². The van der Waals surface area contributed by atoms with E-state index in [9.17, 15) is 9.59 Å². The van der Waals surface area contributed by atoms with Crippen LogP contribution in [-0.2, 0) is 19.1 Å². The van der Waals surface area contributed by atoms with Gasteiger partial charge in [0.05, 0.1) is 19.8 Å².